The summed E-state index contributed by atoms with van der Waals surface area (Å²) in [7, 11) is -0.832. The SMILES string of the molecule is CCCNC(=O)c1cc(S(=O)(=O)N(C)C)oc1C. The van der Waals surface area contributed by atoms with Crippen molar-refractivity contribution in [3.8, 4) is 0 Å². The molecule has 7 heteroatoms. The van der Waals surface area contributed by atoms with Crippen molar-refractivity contribution in [3.05, 3.63) is 17.4 Å². The molecule has 1 heterocycles. The Morgan fingerprint density at radius 2 is 2.06 bits per heavy atom. The Balaban J connectivity index is 3.06. The molecule has 0 spiro atoms. The van der Waals surface area contributed by atoms with Gasteiger partial charge >= 0.3 is 0 Å². The molecule has 1 N–H and O–H groups in total. The molecule has 18 heavy (non-hydrogen) atoms. The second kappa shape index (κ2) is 5.53. The van der Waals surface area contributed by atoms with Gasteiger partial charge in [-0.25, -0.2) is 12.7 Å². The predicted molar refractivity (Wildman–Crippen MR) is 66.9 cm³/mol. The highest BCUT2D eigenvalue weighted by Crippen LogP contribution is 2.21. The lowest BCUT2D eigenvalue weighted by molar-refractivity contribution is 0.0952. The van der Waals surface area contributed by atoms with Crippen molar-refractivity contribution in [2.75, 3.05) is 20.6 Å². The number of aryl methyl sites for hydroxylation is 1. The lowest BCUT2D eigenvalue weighted by Gasteiger charge is -2.07. The number of furan rings is 1. The van der Waals surface area contributed by atoms with Gasteiger partial charge in [0.05, 0.1) is 5.56 Å². The van der Waals surface area contributed by atoms with Gasteiger partial charge in [0.15, 0.2) is 0 Å². The summed E-state index contributed by atoms with van der Waals surface area (Å²) in [6.07, 6.45) is 0.811. The molecule has 0 fully saturated rings. The zero-order valence-electron chi connectivity index (χ0n) is 11.0. The van der Waals surface area contributed by atoms with Crippen molar-refractivity contribution in [1.29, 1.82) is 0 Å². The van der Waals surface area contributed by atoms with Crippen LogP contribution in [-0.4, -0.2) is 39.3 Å². The fraction of sp³-hybridized carbons (Fsp3) is 0.545. The van der Waals surface area contributed by atoms with Crippen molar-refractivity contribution in [2.24, 2.45) is 0 Å². The summed E-state index contributed by atoms with van der Waals surface area (Å²) < 4.78 is 29.9. The Morgan fingerprint density at radius 1 is 1.44 bits per heavy atom. The number of carbonyl (C=O) groups is 1. The van der Waals surface area contributed by atoms with Crippen LogP contribution in [0.1, 0.15) is 29.5 Å². The molecule has 0 aromatic carbocycles. The van der Waals surface area contributed by atoms with E-state index in [1.54, 1.807) is 6.92 Å². The van der Waals surface area contributed by atoms with Crippen LogP contribution in [0.5, 0.6) is 0 Å². The first-order valence-electron chi connectivity index (χ1n) is 5.61. The Hall–Kier alpha value is -1.34. The van der Waals surface area contributed by atoms with Crippen LogP contribution < -0.4 is 5.32 Å². The van der Waals surface area contributed by atoms with Gasteiger partial charge in [-0.1, -0.05) is 6.92 Å². The fourth-order valence-corrected chi connectivity index (χ4v) is 2.18. The largest absolute Gasteiger partial charge is 0.448 e. The third-order valence-electron chi connectivity index (χ3n) is 2.41. The van der Waals surface area contributed by atoms with Gasteiger partial charge in [-0.15, -0.1) is 0 Å². The number of rotatable bonds is 5. The van der Waals surface area contributed by atoms with E-state index in [9.17, 15) is 13.2 Å². The molecule has 102 valence electrons. The van der Waals surface area contributed by atoms with E-state index in [1.807, 2.05) is 6.92 Å². The standard InChI is InChI=1S/C11H18N2O4S/c1-5-6-12-11(14)9-7-10(17-8(9)2)18(15,16)13(3)4/h7H,5-6H2,1-4H3,(H,12,14). The van der Waals surface area contributed by atoms with E-state index in [4.69, 9.17) is 4.42 Å². The quantitative estimate of drug-likeness (QED) is 0.868. The van der Waals surface area contributed by atoms with Crippen LogP contribution in [0.25, 0.3) is 0 Å². The highest BCUT2D eigenvalue weighted by molar-refractivity contribution is 7.88. The first-order valence-corrected chi connectivity index (χ1v) is 7.05. The van der Waals surface area contributed by atoms with Gasteiger partial charge in [0, 0.05) is 26.7 Å². The summed E-state index contributed by atoms with van der Waals surface area (Å²) in [4.78, 5) is 11.8. The second-order valence-electron chi connectivity index (χ2n) is 4.08. The second-order valence-corrected chi connectivity index (χ2v) is 6.16. The Labute approximate surface area is 107 Å². The summed E-state index contributed by atoms with van der Waals surface area (Å²) in [6.45, 7) is 4.04. The van der Waals surface area contributed by atoms with E-state index in [-0.39, 0.29) is 16.6 Å². The zero-order chi connectivity index (χ0) is 13.9. The molecule has 1 rings (SSSR count). The van der Waals surface area contributed by atoms with E-state index < -0.39 is 10.0 Å². The van der Waals surface area contributed by atoms with Gasteiger partial charge in [-0.3, -0.25) is 4.79 Å². The van der Waals surface area contributed by atoms with Crippen LogP contribution in [0.2, 0.25) is 0 Å². The minimum atomic E-state index is -3.65. The van der Waals surface area contributed by atoms with Gasteiger partial charge in [-0.2, -0.15) is 0 Å². The minimum absolute atomic E-state index is 0.216. The zero-order valence-corrected chi connectivity index (χ0v) is 11.8. The van der Waals surface area contributed by atoms with Crippen molar-refractivity contribution in [1.82, 2.24) is 9.62 Å². The molecular formula is C11H18N2O4S. The molecule has 0 bridgehead atoms. The van der Waals surface area contributed by atoms with E-state index in [0.717, 1.165) is 10.7 Å². The molecule has 1 amide bonds. The highest BCUT2D eigenvalue weighted by atomic mass is 32.2. The number of hydrogen-bond acceptors (Lipinski definition) is 4. The molecule has 0 saturated heterocycles. The molecule has 6 nitrogen and oxygen atoms in total. The van der Waals surface area contributed by atoms with Crippen LogP contribution >= 0.6 is 0 Å². The van der Waals surface area contributed by atoms with E-state index >= 15 is 0 Å². The van der Waals surface area contributed by atoms with Gasteiger partial charge in [0.25, 0.3) is 15.9 Å². The van der Waals surface area contributed by atoms with Gasteiger partial charge in [0.1, 0.15) is 5.76 Å². The third-order valence-corrected chi connectivity index (χ3v) is 4.08. The fourth-order valence-electron chi connectivity index (χ4n) is 1.32. The summed E-state index contributed by atoms with van der Waals surface area (Å²) in [6, 6.07) is 1.26. The predicted octanol–water partition coefficient (Wildman–Crippen LogP) is 0.978. The molecule has 0 atom stereocenters. The Morgan fingerprint density at radius 3 is 2.56 bits per heavy atom. The maximum atomic E-state index is 11.8. The average molecular weight is 274 g/mol. The Kier molecular flexibility index (Phi) is 4.53. The smallest absolute Gasteiger partial charge is 0.275 e. The molecule has 1 aromatic rings. The normalized spacial score (nSPS) is 11.8. The monoisotopic (exact) mass is 274 g/mol. The molecule has 1 aromatic heterocycles. The maximum Gasteiger partial charge on any atom is 0.275 e. The lowest BCUT2D eigenvalue weighted by Crippen LogP contribution is -2.24. The number of sulfonamides is 1. The van der Waals surface area contributed by atoms with Crippen molar-refractivity contribution in [2.45, 2.75) is 25.4 Å². The molecule has 0 unspecified atom stereocenters. The summed E-state index contributed by atoms with van der Waals surface area (Å²) in [5.41, 5.74) is 0.254. The first kappa shape index (κ1) is 14.7. The first-order chi connectivity index (χ1) is 8.30. The van der Waals surface area contributed by atoms with E-state index in [2.05, 4.69) is 5.32 Å². The maximum absolute atomic E-state index is 11.8. The van der Waals surface area contributed by atoms with Crippen LogP contribution in [0.4, 0.5) is 0 Å². The molecule has 0 aliphatic carbocycles. The van der Waals surface area contributed by atoms with Crippen LogP contribution in [0, 0.1) is 6.92 Å². The van der Waals surface area contributed by atoms with Crippen LogP contribution in [0.15, 0.2) is 15.6 Å². The Bertz CT molecular complexity index is 531. The lowest BCUT2D eigenvalue weighted by atomic mass is 10.2. The van der Waals surface area contributed by atoms with Gasteiger partial charge in [-0.05, 0) is 13.3 Å². The molecule has 0 aliphatic heterocycles. The topological polar surface area (TPSA) is 79.6 Å². The third kappa shape index (κ3) is 2.91. The number of nitrogens with zero attached hydrogens (tertiary/aromatic N) is 1. The summed E-state index contributed by atoms with van der Waals surface area (Å²) in [5.74, 6) is -0.0256. The molecule has 0 aliphatic rings. The van der Waals surface area contributed by atoms with Crippen molar-refractivity contribution >= 4 is 15.9 Å². The van der Waals surface area contributed by atoms with Crippen LogP contribution in [0.3, 0.4) is 0 Å². The number of hydrogen-bond donors (Lipinski definition) is 1. The minimum Gasteiger partial charge on any atom is -0.448 e. The van der Waals surface area contributed by atoms with E-state index in [1.165, 1.54) is 20.2 Å². The molecular weight excluding hydrogens is 256 g/mol. The molecule has 0 saturated carbocycles. The van der Waals surface area contributed by atoms with Gasteiger partial charge in [0.2, 0.25) is 5.09 Å². The van der Waals surface area contributed by atoms with Gasteiger partial charge < -0.3 is 9.73 Å². The number of carbonyl (C=O) groups excluding carboxylic acids is 1. The van der Waals surface area contributed by atoms with Crippen molar-refractivity contribution < 1.29 is 17.6 Å². The highest BCUT2D eigenvalue weighted by Gasteiger charge is 2.25. The van der Waals surface area contributed by atoms with Crippen molar-refractivity contribution in [3.63, 3.8) is 0 Å². The van der Waals surface area contributed by atoms with E-state index in [0.29, 0.717) is 12.3 Å². The summed E-state index contributed by atoms with van der Waals surface area (Å²) in [5, 5.41) is 2.46. The number of nitrogens with one attached hydrogen (secondary N) is 1. The number of amides is 1. The summed E-state index contributed by atoms with van der Waals surface area (Å²) >= 11 is 0. The average Bonchev–Trinajstić information content (AvgIpc) is 2.68. The molecule has 0 radical (unpaired) electrons. The van der Waals surface area contributed by atoms with Crippen LogP contribution in [-0.2, 0) is 10.0 Å².